The number of aromatic nitrogens is 2. The minimum absolute atomic E-state index is 0.113. The number of alkyl halides is 2. The molecule has 2 atom stereocenters. The fourth-order valence-corrected chi connectivity index (χ4v) is 5.46. The first kappa shape index (κ1) is 27.3. The Balaban J connectivity index is 1.43. The summed E-state index contributed by atoms with van der Waals surface area (Å²) in [5.41, 5.74) is 1.74. The van der Waals surface area contributed by atoms with Crippen molar-refractivity contribution >= 4 is 57.9 Å². The average Bonchev–Trinajstić information content (AvgIpc) is 2.90. The molecule has 1 saturated heterocycles. The quantitative estimate of drug-likeness (QED) is 0.388. The molecule has 0 bridgehead atoms. The molecular formula is C26H27Cl2F2N7O2. The van der Waals surface area contributed by atoms with Gasteiger partial charge in [-0.2, -0.15) is 4.98 Å². The summed E-state index contributed by atoms with van der Waals surface area (Å²) in [4.78, 5) is 27.3. The first-order valence-electron chi connectivity index (χ1n) is 12.3. The monoisotopic (exact) mass is 577 g/mol. The number of anilines is 5. The van der Waals surface area contributed by atoms with Gasteiger partial charge in [-0.1, -0.05) is 29.3 Å². The maximum Gasteiger partial charge on any atom is 0.268 e. The van der Waals surface area contributed by atoms with Crippen LogP contribution in [0, 0.1) is 0 Å². The number of benzene rings is 2. The molecule has 0 radical (unpaired) electrons. The number of piperazine rings is 1. The topological polar surface area (TPSA) is 96.9 Å². The van der Waals surface area contributed by atoms with Gasteiger partial charge in [0.15, 0.2) is 0 Å². The van der Waals surface area contributed by atoms with Crippen molar-refractivity contribution in [3.8, 4) is 0 Å². The van der Waals surface area contributed by atoms with Gasteiger partial charge in [-0.05, 0) is 37.3 Å². The van der Waals surface area contributed by atoms with Gasteiger partial charge in [-0.25, -0.2) is 13.8 Å². The van der Waals surface area contributed by atoms with Gasteiger partial charge < -0.3 is 25.5 Å². The van der Waals surface area contributed by atoms with Crippen molar-refractivity contribution in [2.24, 2.45) is 0 Å². The molecule has 9 nitrogen and oxygen atoms in total. The molecule has 2 aliphatic rings. The Labute approximate surface area is 234 Å². The van der Waals surface area contributed by atoms with Crippen LogP contribution in [0.3, 0.4) is 0 Å². The summed E-state index contributed by atoms with van der Waals surface area (Å²) in [7, 11) is 1.76. The first-order chi connectivity index (χ1) is 18.6. The molecule has 39 heavy (non-hydrogen) atoms. The van der Waals surface area contributed by atoms with E-state index in [0.29, 0.717) is 52.6 Å². The Hall–Kier alpha value is -3.25. The number of para-hydroxylation sites is 1. The number of rotatable bonds is 6. The Morgan fingerprint density at radius 2 is 1.95 bits per heavy atom. The number of carbonyl (C=O) groups is 1. The molecule has 13 heteroatoms. The van der Waals surface area contributed by atoms with Crippen LogP contribution in [-0.2, 0) is 0 Å². The van der Waals surface area contributed by atoms with E-state index < -0.39 is 12.5 Å². The fraction of sp³-hybridized carbons (Fsp3) is 0.346. The molecular weight excluding hydrogens is 551 g/mol. The average molecular weight is 578 g/mol. The molecule has 1 amide bonds. The lowest BCUT2D eigenvalue weighted by Gasteiger charge is -2.36. The molecule has 2 unspecified atom stereocenters. The molecule has 0 aliphatic carbocycles. The predicted octanol–water partition coefficient (Wildman–Crippen LogP) is 4.68. The van der Waals surface area contributed by atoms with Crippen LogP contribution in [0.25, 0.3) is 0 Å². The molecule has 3 aromatic rings. The number of carbonyl (C=O) groups excluding carboxylic acids is 1. The molecule has 1 aromatic heterocycles. The van der Waals surface area contributed by atoms with Crippen LogP contribution in [0.1, 0.15) is 28.9 Å². The lowest BCUT2D eigenvalue weighted by molar-refractivity contribution is -0.00551. The highest BCUT2D eigenvalue weighted by atomic mass is 35.5. The third kappa shape index (κ3) is 5.44. The number of halogens is 4. The third-order valence-electron chi connectivity index (χ3n) is 6.72. The van der Waals surface area contributed by atoms with Crippen LogP contribution in [0.4, 0.5) is 37.6 Å². The summed E-state index contributed by atoms with van der Waals surface area (Å²) < 4.78 is 27.2. The van der Waals surface area contributed by atoms with Crippen molar-refractivity contribution in [2.75, 3.05) is 53.4 Å². The number of hydrogen-bond acceptors (Lipinski definition) is 8. The van der Waals surface area contributed by atoms with E-state index in [1.54, 1.807) is 42.3 Å². The Morgan fingerprint density at radius 3 is 2.64 bits per heavy atom. The Kier molecular flexibility index (Phi) is 7.77. The van der Waals surface area contributed by atoms with Crippen molar-refractivity contribution in [3.05, 3.63) is 63.8 Å². The highest BCUT2D eigenvalue weighted by Crippen LogP contribution is 2.38. The largest absolute Gasteiger partial charge is 0.382 e. The number of nitrogens with one attached hydrogen (secondary N) is 2. The van der Waals surface area contributed by atoms with Crippen LogP contribution in [0.5, 0.6) is 0 Å². The SMILES string of the molecule is CC1CN(c2ccc(Nc3ncc4c(n3)N(C)CN(c3c(Cl)cccc3Cl)C4=O)cc2C(O)C(F)F)CCN1. The summed E-state index contributed by atoms with van der Waals surface area (Å²) in [6, 6.07) is 10.1. The van der Waals surface area contributed by atoms with Gasteiger partial charge in [0, 0.05) is 55.9 Å². The van der Waals surface area contributed by atoms with Gasteiger partial charge in [-0.3, -0.25) is 9.69 Å². The number of nitrogens with zero attached hydrogens (tertiary/aromatic N) is 5. The second kappa shape index (κ2) is 11.1. The van der Waals surface area contributed by atoms with Gasteiger partial charge in [0.1, 0.15) is 17.5 Å². The lowest BCUT2D eigenvalue weighted by Crippen LogP contribution is -2.49. The van der Waals surface area contributed by atoms with E-state index in [1.165, 1.54) is 17.2 Å². The van der Waals surface area contributed by atoms with E-state index in [-0.39, 0.29) is 35.7 Å². The minimum Gasteiger partial charge on any atom is -0.382 e. The third-order valence-corrected chi connectivity index (χ3v) is 7.33. The van der Waals surface area contributed by atoms with Gasteiger partial charge in [-0.15, -0.1) is 0 Å². The molecule has 0 spiro atoms. The molecule has 0 saturated carbocycles. The zero-order valence-corrected chi connectivity index (χ0v) is 22.7. The highest BCUT2D eigenvalue weighted by molar-refractivity contribution is 6.40. The summed E-state index contributed by atoms with van der Waals surface area (Å²) in [5, 5.41) is 17.3. The van der Waals surface area contributed by atoms with Crippen molar-refractivity contribution in [1.29, 1.82) is 0 Å². The second-order valence-corrected chi connectivity index (χ2v) is 10.4. The normalized spacial score (nSPS) is 18.4. The zero-order valence-electron chi connectivity index (χ0n) is 21.2. The molecule has 2 aliphatic heterocycles. The fourth-order valence-electron chi connectivity index (χ4n) is 4.86. The van der Waals surface area contributed by atoms with E-state index in [4.69, 9.17) is 23.2 Å². The molecule has 3 N–H and O–H groups in total. The van der Waals surface area contributed by atoms with Gasteiger partial charge in [0.25, 0.3) is 12.3 Å². The highest BCUT2D eigenvalue weighted by Gasteiger charge is 2.33. The Morgan fingerprint density at radius 1 is 1.21 bits per heavy atom. The maximum absolute atomic E-state index is 13.6. The standard InChI is InChI=1S/C26H27Cl2F2N7O2/c1-14-12-36(9-8-31-14)20-7-6-15(10-16(20)22(38)23(29)30)33-26-32-11-17-24(34-26)35(2)13-37(25(17)39)21-18(27)4-3-5-19(21)28/h3-7,10-11,14,22-23,31,38H,8-9,12-13H2,1-2H3,(H,32,33,34). The summed E-state index contributed by atoms with van der Waals surface area (Å²) in [5.74, 6) is 0.191. The van der Waals surface area contributed by atoms with Crippen LogP contribution >= 0.6 is 23.2 Å². The Bertz CT molecular complexity index is 1380. The van der Waals surface area contributed by atoms with Gasteiger partial charge >= 0.3 is 0 Å². The number of amides is 1. The number of hydrogen-bond donors (Lipinski definition) is 3. The van der Waals surface area contributed by atoms with E-state index in [1.807, 2.05) is 11.8 Å². The van der Waals surface area contributed by atoms with Crippen molar-refractivity contribution in [2.45, 2.75) is 25.5 Å². The number of aliphatic hydroxyl groups excluding tert-OH is 1. The zero-order chi connectivity index (χ0) is 27.8. The molecule has 206 valence electrons. The minimum atomic E-state index is -2.95. The van der Waals surface area contributed by atoms with Gasteiger partial charge in [0.05, 0.1) is 22.4 Å². The smallest absolute Gasteiger partial charge is 0.268 e. The number of fused-ring (bicyclic) bond motifs is 1. The number of aliphatic hydroxyl groups is 1. The van der Waals surface area contributed by atoms with E-state index in [0.717, 1.165) is 0 Å². The first-order valence-corrected chi connectivity index (χ1v) is 13.1. The summed E-state index contributed by atoms with van der Waals surface area (Å²) >= 11 is 12.7. The van der Waals surface area contributed by atoms with E-state index >= 15 is 0 Å². The van der Waals surface area contributed by atoms with Crippen LogP contribution in [0.15, 0.2) is 42.6 Å². The van der Waals surface area contributed by atoms with Crippen LogP contribution in [-0.4, -0.2) is 66.8 Å². The van der Waals surface area contributed by atoms with Crippen molar-refractivity contribution in [1.82, 2.24) is 15.3 Å². The van der Waals surface area contributed by atoms with Crippen molar-refractivity contribution in [3.63, 3.8) is 0 Å². The maximum atomic E-state index is 13.6. The summed E-state index contributed by atoms with van der Waals surface area (Å²) in [6.07, 6.45) is -3.51. The molecule has 3 heterocycles. The van der Waals surface area contributed by atoms with E-state index in [9.17, 15) is 18.7 Å². The molecule has 5 rings (SSSR count). The molecule has 2 aromatic carbocycles. The van der Waals surface area contributed by atoms with Crippen LogP contribution < -0.4 is 25.3 Å². The van der Waals surface area contributed by atoms with Crippen molar-refractivity contribution < 1.29 is 18.7 Å². The summed E-state index contributed by atoms with van der Waals surface area (Å²) in [6.45, 7) is 4.13. The second-order valence-electron chi connectivity index (χ2n) is 9.55. The molecule has 1 fully saturated rings. The van der Waals surface area contributed by atoms with E-state index in [2.05, 4.69) is 20.6 Å². The lowest BCUT2D eigenvalue weighted by atomic mass is 10.0. The van der Waals surface area contributed by atoms with Crippen LogP contribution in [0.2, 0.25) is 10.0 Å². The van der Waals surface area contributed by atoms with Gasteiger partial charge in [0.2, 0.25) is 5.95 Å². The predicted molar refractivity (Wildman–Crippen MR) is 149 cm³/mol.